The van der Waals surface area contributed by atoms with Crippen LogP contribution in [0.1, 0.15) is 136 Å². The average molecular weight is 353 g/mol. The van der Waals surface area contributed by atoms with Crippen LogP contribution in [-0.2, 0) is 9.53 Å². The van der Waals surface area contributed by atoms with Crippen molar-refractivity contribution in [3.05, 3.63) is 0 Å². The van der Waals surface area contributed by atoms with Crippen LogP contribution in [0.15, 0.2) is 0 Å². The van der Waals surface area contributed by atoms with Crippen molar-refractivity contribution in [3.8, 4) is 0 Å². The van der Waals surface area contributed by atoms with Gasteiger partial charge in [0.25, 0.3) is 0 Å². The maximum absolute atomic E-state index is 12.0. The zero-order valence-electron chi connectivity index (χ0n) is 17.3. The molecule has 0 saturated heterocycles. The molecular weight excluding hydrogens is 308 g/mol. The van der Waals surface area contributed by atoms with Crippen LogP contribution in [0.25, 0.3) is 0 Å². The first-order valence-corrected chi connectivity index (χ1v) is 11.4. The number of carbonyl (C=O) groups is 1. The van der Waals surface area contributed by atoms with E-state index >= 15 is 0 Å². The molecular formula is C23H44O2. The Morgan fingerprint density at radius 2 is 1.16 bits per heavy atom. The van der Waals surface area contributed by atoms with Crippen LogP contribution in [0, 0.1) is 0 Å². The Morgan fingerprint density at radius 3 is 1.64 bits per heavy atom. The quantitative estimate of drug-likeness (QED) is 0.222. The fourth-order valence-electron chi connectivity index (χ4n) is 4.01. The Labute approximate surface area is 157 Å². The molecule has 0 aromatic carbocycles. The van der Waals surface area contributed by atoms with E-state index in [0.717, 1.165) is 19.3 Å². The number of carbonyl (C=O) groups excluding carboxylic acids is 1. The molecule has 2 heteroatoms. The number of ether oxygens (including phenoxy) is 1. The molecule has 0 aromatic heterocycles. The molecule has 0 spiro atoms. The van der Waals surface area contributed by atoms with E-state index in [2.05, 4.69) is 13.8 Å². The van der Waals surface area contributed by atoms with Crippen molar-refractivity contribution >= 4 is 5.97 Å². The van der Waals surface area contributed by atoms with Gasteiger partial charge in [0.15, 0.2) is 0 Å². The van der Waals surface area contributed by atoms with Gasteiger partial charge in [-0.3, -0.25) is 4.79 Å². The van der Waals surface area contributed by atoms with Gasteiger partial charge >= 0.3 is 5.97 Å². The van der Waals surface area contributed by atoms with Crippen molar-refractivity contribution in [1.82, 2.24) is 0 Å². The minimum atomic E-state index is -0.161. The average Bonchev–Trinajstić information content (AvgIpc) is 2.59. The summed E-state index contributed by atoms with van der Waals surface area (Å²) in [7, 11) is 0. The third kappa shape index (κ3) is 12.5. The molecule has 148 valence electrons. The molecule has 0 radical (unpaired) electrons. The maximum Gasteiger partial charge on any atom is 0.306 e. The molecule has 1 aliphatic carbocycles. The Morgan fingerprint density at radius 1 is 0.720 bits per heavy atom. The summed E-state index contributed by atoms with van der Waals surface area (Å²) in [5, 5.41) is 0. The number of unbranched alkanes of at least 4 members (excludes halogenated alkanes) is 12. The van der Waals surface area contributed by atoms with Crippen LogP contribution in [0.5, 0.6) is 0 Å². The Kier molecular flexibility index (Phi) is 13.2. The van der Waals surface area contributed by atoms with E-state index in [4.69, 9.17) is 4.74 Å². The highest BCUT2D eigenvalue weighted by Crippen LogP contribution is 2.31. The maximum atomic E-state index is 12.0. The smallest absolute Gasteiger partial charge is 0.306 e. The summed E-state index contributed by atoms with van der Waals surface area (Å²) in [5.41, 5.74) is -0.161. The standard InChI is InChI=1S/C23H44O2/c1-3-4-5-6-7-8-9-10-11-12-13-14-16-19-22(24)25-23(2)20-17-15-18-21-23/h3-21H2,1-2H3. The molecule has 1 rings (SSSR count). The van der Waals surface area contributed by atoms with Gasteiger partial charge in [-0.2, -0.15) is 0 Å². The van der Waals surface area contributed by atoms with Gasteiger partial charge in [-0.25, -0.2) is 0 Å². The van der Waals surface area contributed by atoms with Crippen molar-refractivity contribution in [2.24, 2.45) is 0 Å². The minimum Gasteiger partial charge on any atom is -0.459 e. The van der Waals surface area contributed by atoms with Crippen LogP contribution >= 0.6 is 0 Å². The number of rotatable bonds is 15. The van der Waals surface area contributed by atoms with Gasteiger partial charge in [0.05, 0.1) is 0 Å². The summed E-state index contributed by atoms with van der Waals surface area (Å²) < 4.78 is 5.75. The van der Waals surface area contributed by atoms with Gasteiger partial charge in [0.2, 0.25) is 0 Å². The first kappa shape index (κ1) is 22.5. The van der Waals surface area contributed by atoms with Crippen LogP contribution in [0.3, 0.4) is 0 Å². The molecule has 2 nitrogen and oxygen atoms in total. The van der Waals surface area contributed by atoms with Crippen LogP contribution in [0.2, 0.25) is 0 Å². The van der Waals surface area contributed by atoms with Crippen molar-refractivity contribution in [1.29, 1.82) is 0 Å². The van der Waals surface area contributed by atoms with Crippen LogP contribution in [0.4, 0.5) is 0 Å². The van der Waals surface area contributed by atoms with Gasteiger partial charge in [-0.15, -0.1) is 0 Å². The molecule has 1 fully saturated rings. The van der Waals surface area contributed by atoms with Gasteiger partial charge in [-0.1, -0.05) is 90.4 Å². The van der Waals surface area contributed by atoms with Crippen molar-refractivity contribution in [2.75, 3.05) is 0 Å². The minimum absolute atomic E-state index is 0.0347. The monoisotopic (exact) mass is 352 g/mol. The zero-order chi connectivity index (χ0) is 18.2. The number of esters is 1. The SMILES string of the molecule is CCCCCCCCCCCCCCCC(=O)OC1(C)CCCCC1. The predicted molar refractivity (Wildman–Crippen MR) is 108 cm³/mol. The van der Waals surface area contributed by atoms with E-state index in [1.54, 1.807) is 0 Å². The van der Waals surface area contributed by atoms with Gasteiger partial charge in [0.1, 0.15) is 5.60 Å². The second-order valence-corrected chi connectivity index (χ2v) is 8.48. The highest BCUT2D eigenvalue weighted by molar-refractivity contribution is 5.69. The highest BCUT2D eigenvalue weighted by atomic mass is 16.6. The number of hydrogen-bond acceptors (Lipinski definition) is 2. The molecule has 1 aliphatic rings. The summed E-state index contributed by atoms with van der Waals surface area (Å²) in [4.78, 5) is 12.0. The zero-order valence-corrected chi connectivity index (χ0v) is 17.3. The lowest BCUT2D eigenvalue weighted by Crippen LogP contribution is -2.33. The lowest BCUT2D eigenvalue weighted by atomic mass is 9.86. The lowest BCUT2D eigenvalue weighted by molar-refractivity contribution is -0.161. The molecule has 0 aromatic rings. The van der Waals surface area contributed by atoms with E-state index < -0.39 is 0 Å². The number of hydrogen-bond donors (Lipinski definition) is 0. The van der Waals surface area contributed by atoms with Crippen molar-refractivity contribution in [3.63, 3.8) is 0 Å². The normalized spacial score (nSPS) is 16.7. The second kappa shape index (κ2) is 14.6. The van der Waals surface area contributed by atoms with E-state index in [0.29, 0.717) is 6.42 Å². The van der Waals surface area contributed by atoms with E-state index in [9.17, 15) is 4.79 Å². The van der Waals surface area contributed by atoms with Gasteiger partial charge < -0.3 is 4.74 Å². The van der Waals surface area contributed by atoms with E-state index in [-0.39, 0.29) is 11.6 Å². The third-order valence-electron chi connectivity index (χ3n) is 5.76. The summed E-state index contributed by atoms with van der Waals surface area (Å²) in [6.45, 7) is 4.40. The van der Waals surface area contributed by atoms with Crippen LogP contribution in [-0.4, -0.2) is 11.6 Å². The molecule has 1 saturated carbocycles. The molecule has 0 heterocycles. The lowest BCUT2D eigenvalue weighted by Gasteiger charge is -2.33. The van der Waals surface area contributed by atoms with E-state index in [1.165, 1.54) is 96.3 Å². The second-order valence-electron chi connectivity index (χ2n) is 8.48. The Hall–Kier alpha value is -0.530. The Bertz CT molecular complexity index is 318. The molecule has 0 amide bonds. The molecule has 25 heavy (non-hydrogen) atoms. The molecule has 0 N–H and O–H groups in total. The highest BCUT2D eigenvalue weighted by Gasteiger charge is 2.30. The fourth-order valence-corrected chi connectivity index (χ4v) is 4.01. The first-order valence-electron chi connectivity index (χ1n) is 11.4. The molecule has 0 aliphatic heterocycles. The molecule has 0 unspecified atom stereocenters. The van der Waals surface area contributed by atoms with Crippen molar-refractivity contribution in [2.45, 2.75) is 141 Å². The summed E-state index contributed by atoms with van der Waals surface area (Å²) in [5.74, 6) is 0.0347. The predicted octanol–water partition coefficient (Wildman–Crippen LogP) is 7.73. The summed E-state index contributed by atoms with van der Waals surface area (Å²) in [6, 6.07) is 0. The summed E-state index contributed by atoms with van der Waals surface area (Å²) >= 11 is 0. The van der Waals surface area contributed by atoms with E-state index in [1.807, 2.05) is 0 Å². The summed E-state index contributed by atoms with van der Waals surface area (Å²) in [6.07, 6.45) is 23.9. The molecule has 0 atom stereocenters. The largest absolute Gasteiger partial charge is 0.459 e. The van der Waals surface area contributed by atoms with Crippen molar-refractivity contribution < 1.29 is 9.53 Å². The fraction of sp³-hybridized carbons (Fsp3) is 0.957. The third-order valence-corrected chi connectivity index (χ3v) is 5.76. The van der Waals surface area contributed by atoms with Crippen LogP contribution < -0.4 is 0 Å². The first-order chi connectivity index (χ1) is 12.2. The topological polar surface area (TPSA) is 26.3 Å². The van der Waals surface area contributed by atoms with Gasteiger partial charge in [0, 0.05) is 6.42 Å². The Balaban J connectivity index is 1.83. The van der Waals surface area contributed by atoms with Gasteiger partial charge in [-0.05, 0) is 39.0 Å². The molecule has 0 bridgehead atoms.